The zero-order valence-corrected chi connectivity index (χ0v) is 17.5. The molecule has 1 aromatic rings. The smallest absolute Gasteiger partial charge is 0.222 e. The molecule has 4 rings (SSSR count). The summed E-state index contributed by atoms with van der Waals surface area (Å²) in [5, 5.41) is 3.42. The molecule has 2 aliphatic carbocycles. The summed E-state index contributed by atoms with van der Waals surface area (Å²) in [6.45, 7) is 5.87. The first-order valence-electron chi connectivity index (χ1n) is 10.5. The third-order valence-corrected chi connectivity index (χ3v) is 7.77. The average molecular weight is 388 g/mol. The van der Waals surface area contributed by atoms with Gasteiger partial charge in [0, 0.05) is 26.2 Å². The van der Waals surface area contributed by atoms with Crippen LogP contribution in [0.25, 0.3) is 0 Å². The van der Waals surface area contributed by atoms with Crippen LogP contribution in [0, 0.1) is 22.7 Å². The number of fused-ring (bicyclic) bond motifs is 1. The second-order valence-corrected chi connectivity index (χ2v) is 9.36. The molecule has 5 nitrogen and oxygen atoms in total. The van der Waals surface area contributed by atoms with Crippen LogP contribution < -0.4 is 10.1 Å². The third-order valence-electron chi connectivity index (χ3n) is 7.77. The average Bonchev–Trinajstić information content (AvgIpc) is 3.19. The van der Waals surface area contributed by atoms with Gasteiger partial charge < -0.3 is 19.5 Å². The van der Waals surface area contributed by atoms with Crippen LogP contribution in [0.2, 0.25) is 0 Å². The Bertz CT molecular complexity index is 733. The van der Waals surface area contributed by atoms with Crippen LogP contribution in [0.4, 0.5) is 0 Å². The minimum Gasteiger partial charge on any atom is -0.497 e. The van der Waals surface area contributed by atoms with Crippen molar-refractivity contribution in [3.05, 3.63) is 29.8 Å². The summed E-state index contributed by atoms with van der Waals surface area (Å²) < 4.78 is 16.9. The van der Waals surface area contributed by atoms with Crippen molar-refractivity contribution in [2.45, 2.75) is 51.7 Å². The molecule has 0 aromatic heterocycles. The highest BCUT2D eigenvalue weighted by Crippen LogP contribution is 2.70. The van der Waals surface area contributed by atoms with Crippen molar-refractivity contribution in [1.29, 1.82) is 0 Å². The molecule has 1 heterocycles. The Morgan fingerprint density at radius 1 is 1.32 bits per heavy atom. The van der Waals surface area contributed by atoms with Crippen molar-refractivity contribution in [2.24, 2.45) is 22.7 Å². The van der Waals surface area contributed by atoms with Gasteiger partial charge in [0.2, 0.25) is 5.91 Å². The van der Waals surface area contributed by atoms with Gasteiger partial charge in [0.1, 0.15) is 5.75 Å². The molecule has 1 aliphatic heterocycles. The van der Waals surface area contributed by atoms with Crippen molar-refractivity contribution in [3.63, 3.8) is 0 Å². The lowest BCUT2D eigenvalue weighted by Gasteiger charge is -2.53. The van der Waals surface area contributed by atoms with Crippen LogP contribution in [-0.2, 0) is 14.3 Å². The number of nitrogens with one attached hydrogen (secondary N) is 1. The largest absolute Gasteiger partial charge is 0.497 e. The highest BCUT2D eigenvalue weighted by Gasteiger charge is 2.68. The predicted molar refractivity (Wildman–Crippen MR) is 107 cm³/mol. The molecule has 2 saturated carbocycles. The van der Waals surface area contributed by atoms with Gasteiger partial charge in [-0.25, -0.2) is 0 Å². The van der Waals surface area contributed by atoms with Crippen molar-refractivity contribution < 1.29 is 19.0 Å². The second kappa shape index (κ2) is 7.34. The SMILES string of the molecule is COCCC(=O)N[C@@H]1C(C)(C)[C@@H]2C[C@@H]3[C@@H](c4cccc(OC)c4)OCC[C@@]31C2. The minimum absolute atomic E-state index is 0.0725. The number of hydrogen-bond donors (Lipinski definition) is 1. The highest BCUT2D eigenvalue weighted by molar-refractivity contribution is 5.76. The molecule has 1 amide bonds. The summed E-state index contributed by atoms with van der Waals surface area (Å²) in [5.74, 6) is 2.01. The van der Waals surface area contributed by atoms with E-state index >= 15 is 0 Å². The minimum atomic E-state index is 0.0725. The van der Waals surface area contributed by atoms with Crippen LogP contribution in [0.1, 0.15) is 51.2 Å². The van der Waals surface area contributed by atoms with Gasteiger partial charge in [-0.3, -0.25) is 4.79 Å². The van der Waals surface area contributed by atoms with Gasteiger partial charge in [-0.2, -0.15) is 0 Å². The summed E-state index contributed by atoms with van der Waals surface area (Å²) in [7, 11) is 3.34. The summed E-state index contributed by atoms with van der Waals surface area (Å²) in [5.41, 5.74) is 1.41. The number of hydrogen-bond acceptors (Lipinski definition) is 4. The molecule has 1 saturated heterocycles. The Morgan fingerprint density at radius 2 is 2.14 bits per heavy atom. The number of methoxy groups -OCH3 is 2. The lowest BCUT2D eigenvalue weighted by atomic mass is 9.59. The normalized spacial score (nSPS) is 35.4. The molecule has 5 atom stereocenters. The number of benzene rings is 1. The van der Waals surface area contributed by atoms with Crippen molar-refractivity contribution in [1.82, 2.24) is 5.32 Å². The number of carbonyl (C=O) groups excluding carboxylic acids is 1. The Kier molecular flexibility index (Phi) is 5.17. The summed E-state index contributed by atoms with van der Waals surface area (Å²) >= 11 is 0. The quantitative estimate of drug-likeness (QED) is 0.808. The molecule has 3 aliphatic rings. The van der Waals surface area contributed by atoms with E-state index in [1.807, 2.05) is 12.1 Å². The van der Waals surface area contributed by atoms with E-state index in [9.17, 15) is 4.79 Å². The fourth-order valence-corrected chi connectivity index (χ4v) is 6.36. The molecular weight excluding hydrogens is 354 g/mol. The Labute approximate surface area is 168 Å². The molecule has 2 bridgehead atoms. The Morgan fingerprint density at radius 3 is 2.89 bits per heavy atom. The summed E-state index contributed by atoms with van der Waals surface area (Å²) in [6, 6.07) is 8.46. The van der Waals surface area contributed by atoms with Crippen LogP contribution >= 0.6 is 0 Å². The van der Waals surface area contributed by atoms with E-state index in [1.165, 1.54) is 18.4 Å². The summed E-state index contributed by atoms with van der Waals surface area (Å²) in [6.07, 6.45) is 3.86. The van der Waals surface area contributed by atoms with Gasteiger partial charge in [0.05, 0.1) is 19.8 Å². The van der Waals surface area contributed by atoms with Gasteiger partial charge >= 0.3 is 0 Å². The number of rotatable bonds is 6. The first-order valence-corrected chi connectivity index (χ1v) is 10.5. The molecule has 154 valence electrons. The standard InChI is InChI=1S/C23H33NO4/c1-22(2)16-13-18-20(15-6-5-7-17(12-15)27-4)28-11-9-23(18,14-16)21(22)24-19(25)8-10-26-3/h5-7,12,16,18,20-21H,8-11,13-14H2,1-4H3,(H,24,25)/t16-,18-,20-,21-,23-/m1/s1. The first-order chi connectivity index (χ1) is 13.4. The molecular formula is C23H33NO4. The first kappa shape index (κ1) is 19.7. The number of carbonyl (C=O) groups is 1. The lowest BCUT2D eigenvalue weighted by molar-refractivity contribution is -0.137. The zero-order valence-electron chi connectivity index (χ0n) is 17.5. The van der Waals surface area contributed by atoms with Crippen molar-refractivity contribution in [2.75, 3.05) is 27.4 Å². The molecule has 28 heavy (non-hydrogen) atoms. The maximum Gasteiger partial charge on any atom is 0.222 e. The third kappa shape index (κ3) is 3.03. The zero-order chi connectivity index (χ0) is 19.9. The van der Waals surface area contributed by atoms with Gasteiger partial charge in [-0.1, -0.05) is 26.0 Å². The molecule has 1 aromatic carbocycles. The van der Waals surface area contributed by atoms with E-state index in [0.29, 0.717) is 24.9 Å². The maximum absolute atomic E-state index is 12.6. The van der Waals surface area contributed by atoms with Crippen LogP contribution in [0.5, 0.6) is 5.75 Å². The van der Waals surface area contributed by atoms with E-state index in [2.05, 4.69) is 31.3 Å². The Balaban J connectivity index is 1.63. The summed E-state index contributed by atoms with van der Waals surface area (Å²) in [4.78, 5) is 12.6. The highest BCUT2D eigenvalue weighted by atomic mass is 16.5. The van der Waals surface area contributed by atoms with Crippen molar-refractivity contribution in [3.8, 4) is 5.75 Å². The van der Waals surface area contributed by atoms with E-state index in [4.69, 9.17) is 14.2 Å². The lowest BCUT2D eigenvalue weighted by Crippen LogP contribution is -2.59. The fraction of sp³-hybridized carbons (Fsp3) is 0.696. The molecule has 5 heteroatoms. The fourth-order valence-electron chi connectivity index (χ4n) is 6.36. The van der Waals surface area contributed by atoms with Gasteiger partial charge in [0.25, 0.3) is 0 Å². The molecule has 3 fully saturated rings. The van der Waals surface area contributed by atoms with E-state index < -0.39 is 0 Å². The molecule has 0 unspecified atom stereocenters. The maximum atomic E-state index is 12.6. The van der Waals surface area contributed by atoms with E-state index in [0.717, 1.165) is 18.8 Å². The second-order valence-electron chi connectivity index (χ2n) is 9.36. The van der Waals surface area contributed by atoms with Gasteiger partial charge in [-0.15, -0.1) is 0 Å². The van der Waals surface area contributed by atoms with Crippen molar-refractivity contribution >= 4 is 5.91 Å². The predicted octanol–water partition coefficient (Wildman–Crippen LogP) is 3.73. The van der Waals surface area contributed by atoms with Crippen LogP contribution in [0.3, 0.4) is 0 Å². The topological polar surface area (TPSA) is 56.8 Å². The van der Waals surface area contributed by atoms with Gasteiger partial charge in [-0.05, 0) is 59.6 Å². The monoisotopic (exact) mass is 387 g/mol. The molecule has 1 N–H and O–H groups in total. The number of amides is 1. The number of ether oxygens (including phenoxy) is 3. The Hall–Kier alpha value is -1.59. The van der Waals surface area contributed by atoms with Crippen LogP contribution in [0.15, 0.2) is 24.3 Å². The van der Waals surface area contributed by atoms with E-state index in [1.54, 1.807) is 14.2 Å². The molecule has 0 radical (unpaired) electrons. The van der Waals surface area contributed by atoms with Crippen LogP contribution in [-0.4, -0.2) is 39.4 Å². The van der Waals surface area contributed by atoms with Gasteiger partial charge in [0.15, 0.2) is 0 Å². The molecule has 1 spiro atoms. The van der Waals surface area contributed by atoms with E-state index in [-0.39, 0.29) is 28.9 Å².